The molecule has 0 amide bonds. The van der Waals surface area contributed by atoms with Gasteiger partial charge in [0.25, 0.3) is 0 Å². The largest absolute Gasteiger partial charge is 0.374 e. The Morgan fingerprint density at radius 2 is 2.07 bits per heavy atom. The number of nitrogens with one attached hydrogen (secondary N) is 3. The van der Waals surface area contributed by atoms with Gasteiger partial charge in [-0.25, -0.2) is 9.97 Å². The smallest absolute Gasteiger partial charge is 0.166 e. The zero-order valence-corrected chi connectivity index (χ0v) is 17.0. The third kappa shape index (κ3) is 3.96. The van der Waals surface area contributed by atoms with E-state index in [1.807, 2.05) is 31.3 Å². The van der Waals surface area contributed by atoms with Crippen molar-refractivity contribution in [2.75, 3.05) is 24.3 Å². The van der Waals surface area contributed by atoms with Crippen molar-refractivity contribution < 1.29 is 9.84 Å². The Bertz CT molecular complexity index is 1030. The summed E-state index contributed by atoms with van der Waals surface area (Å²) in [5.74, 6) is 2.10. The van der Waals surface area contributed by atoms with Gasteiger partial charge in [-0.3, -0.25) is 5.32 Å². The van der Waals surface area contributed by atoms with Crippen LogP contribution >= 0.6 is 0 Å². The van der Waals surface area contributed by atoms with Crippen molar-refractivity contribution in [1.82, 2.24) is 24.9 Å². The molecular weight excluding hydrogens is 382 g/mol. The van der Waals surface area contributed by atoms with Gasteiger partial charge in [0.15, 0.2) is 5.65 Å². The van der Waals surface area contributed by atoms with Crippen LogP contribution in [-0.2, 0) is 4.74 Å². The van der Waals surface area contributed by atoms with Crippen LogP contribution in [0.4, 0.5) is 17.5 Å². The number of pyridine rings is 1. The van der Waals surface area contributed by atoms with Crippen molar-refractivity contribution in [3.8, 4) is 0 Å². The van der Waals surface area contributed by atoms with Crippen molar-refractivity contribution in [2.45, 2.75) is 50.5 Å². The van der Waals surface area contributed by atoms with Crippen molar-refractivity contribution in [3.63, 3.8) is 0 Å². The number of aliphatic hydroxyl groups excluding tert-OH is 1. The summed E-state index contributed by atoms with van der Waals surface area (Å²) < 4.78 is 7.56. The maximum absolute atomic E-state index is 10.6. The molecule has 0 radical (unpaired) electrons. The minimum absolute atomic E-state index is 0.0499. The van der Waals surface area contributed by atoms with Crippen LogP contribution in [0.25, 0.3) is 5.65 Å². The molecule has 4 heterocycles. The fourth-order valence-corrected chi connectivity index (χ4v) is 3.78. The van der Waals surface area contributed by atoms with Crippen LogP contribution in [0, 0.1) is 0 Å². The van der Waals surface area contributed by atoms with E-state index in [2.05, 4.69) is 21.0 Å². The predicted octanol–water partition coefficient (Wildman–Crippen LogP) is 2.89. The Balaban J connectivity index is 1.43. The first-order chi connectivity index (χ1) is 14.7. The molecular formula is C21H27N7O2. The number of hydrogen-bond acceptors (Lipinski definition) is 8. The fraction of sp³-hybridized carbons (Fsp3) is 0.476. The molecule has 1 saturated carbocycles. The van der Waals surface area contributed by atoms with Gasteiger partial charge in [-0.1, -0.05) is 6.07 Å². The van der Waals surface area contributed by atoms with Gasteiger partial charge >= 0.3 is 0 Å². The minimum atomic E-state index is -0.799. The summed E-state index contributed by atoms with van der Waals surface area (Å²) in [7, 11) is 1.83. The van der Waals surface area contributed by atoms with Gasteiger partial charge in [-0.2, -0.15) is 9.61 Å². The third-order valence-corrected chi connectivity index (χ3v) is 5.56. The van der Waals surface area contributed by atoms with E-state index in [0.29, 0.717) is 28.9 Å². The van der Waals surface area contributed by atoms with E-state index >= 15 is 0 Å². The molecule has 4 N–H and O–H groups in total. The average Bonchev–Trinajstić information content (AvgIpc) is 3.49. The molecule has 9 heteroatoms. The lowest BCUT2D eigenvalue weighted by atomic mass is 10.1. The van der Waals surface area contributed by atoms with Gasteiger partial charge in [0.1, 0.15) is 23.7 Å². The fourth-order valence-electron chi connectivity index (χ4n) is 3.78. The topological polar surface area (TPSA) is 109 Å². The van der Waals surface area contributed by atoms with Gasteiger partial charge in [0, 0.05) is 25.8 Å². The highest BCUT2D eigenvalue weighted by atomic mass is 16.5. The summed E-state index contributed by atoms with van der Waals surface area (Å²) in [5, 5.41) is 24.6. The number of aromatic nitrogens is 4. The van der Waals surface area contributed by atoms with Crippen molar-refractivity contribution in [3.05, 3.63) is 41.7 Å². The molecule has 1 saturated heterocycles. The monoisotopic (exact) mass is 409 g/mol. The third-order valence-electron chi connectivity index (χ3n) is 5.56. The van der Waals surface area contributed by atoms with Gasteiger partial charge in [0.2, 0.25) is 0 Å². The number of hydrogen-bond donors (Lipinski definition) is 4. The Kier molecular flexibility index (Phi) is 5.24. The summed E-state index contributed by atoms with van der Waals surface area (Å²) in [6, 6.07) is 8.14. The van der Waals surface area contributed by atoms with Crippen LogP contribution in [0.15, 0.2) is 30.5 Å². The number of aliphatic hydroxyl groups is 1. The number of anilines is 3. The molecule has 30 heavy (non-hydrogen) atoms. The molecule has 2 atom stereocenters. The highest BCUT2D eigenvalue weighted by molar-refractivity contribution is 5.64. The second kappa shape index (κ2) is 8.17. The highest BCUT2D eigenvalue weighted by Crippen LogP contribution is 2.29. The molecule has 9 nitrogen and oxygen atoms in total. The number of nitrogens with zero attached hydrogens (tertiary/aromatic N) is 4. The number of fused-ring (bicyclic) bond motifs is 1. The summed E-state index contributed by atoms with van der Waals surface area (Å²) in [6.07, 6.45) is 6.36. The van der Waals surface area contributed by atoms with Crippen LogP contribution in [0.2, 0.25) is 0 Å². The lowest BCUT2D eigenvalue weighted by Crippen LogP contribution is -2.23. The number of ether oxygens (including phenoxy) is 1. The second-order valence-corrected chi connectivity index (χ2v) is 7.88. The zero-order chi connectivity index (χ0) is 20.5. The maximum atomic E-state index is 10.6. The van der Waals surface area contributed by atoms with Crippen LogP contribution in [0.1, 0.15) is 55.7 Å². The maximum Gasteiger partial charge on any atom is 0.166 e. The van der Waals surface area contributed by atoms with E-state index in [9.17, 15) is 5.11 Å². The van der Waals surface area contributed by atoms with Crippen LogP contribution < -0.4 is 16.0 Å². The van der Waals surface area contributed by atoms with Crippen molar-refractivity contribution in [2.24, 2.45) is 0 Å². The molecule has 1 aliphatic carbocycles. The predicted molar refractivity (Wildman–Crippen MR) is 114 cm³/mol. The van der Waals surface area contributed by atoms with Gasteiger partial charge in [-0.05, 0) is 44.2 Å². The molecule has 2 aliphatic rings. The molecule has 0 bridgehead atoms. The summed E-state index contributed by atoms with van der Waals surface area (Å²) in [5.41, 5.74) is 2.18. The van der Waals surface area contributed by atoms with E-state index in [1.165, 1.54) is 0 Å². The summed E-state index contributed by atoms with van der Waals surface area (Å²) in [6.45, 7) is 0.787. The molecule has 5 rings (SSSR count). The molecule has 1 unspecified atom stereocenters. The first kappa shape index (κ1) is 19.2. The molecule has 0 aromatic carbocycles. The Labute approximate surface area is 174 Å². The quantitative estimate of drug-likeness (QED) is 0.441. The molecule has 158 valence electrons. The molecule has 2 fully saturated rings. The lowest BCUT2D eigenvalue weighted by Gasteiger charge is -2.22. The van der Waals surface area contributed by atoms with E-state index in [0.717, 1.165) is 50.2 Å². The number of rotatable bonds is 7. The first-order valence-electron chi connectivity index (χ1n) is 10.6. The molecule has 1 aliphatic heterocycles. The van der Waals surface area contributed by atoms with E-state index in [4.69, 9.17) is 14.7 Å². The van der Waals surface area contributed by atoms with E-state index in [1.54, 1.807) is 10.7 Å². The first-order valence-corrected chi connectivity index (χ1v) is 10.6. The van der Waals surface area contributed by atoms with Gasteiger partial charge < -0.3 is 20.5 Å². The van der Waals surface area contributed by atoms with Crippen LogP contribution in [0.3, 0.4) is 0 Å². The zero-order valence-electron chi connectivity index (χ0n) is 17.0. The Morgan fingerprint density at radius 3 is 2.83 bits per heavy atom. The van der Waals surface area contributed by atoms with E-state index in [-0.39, 0.29) is 6.10 Å². The summed E-state index contributed by atoms with van der Waals surface area (Å²) >= 11 is 0. The SMILES string of the molecule is CNc1cc(Nc2cccc([C@@H]3CCCCO3)n2)nc2c(C(O)NC3CC3)cnn12. The van der Waals surface area contributed by atoms with E-state index < -0.39 is 6.23 Å². The Hall–Kier alpha value is -2.75. The molecule has 3 aromatic heterocycles. The molecule has 0 spiro atoms. The lowest BCUT2D eigenvalue weighted by molar-refractivity contribution is 0.0124. The van der Waals surface area contributed by atoms with Crippen LogP contribution in [0.5, 0.6) is 0 Å². The van der Waals surface area contributed by atoms with Crippen LogP contribution in [-0.4, -0.2) is 44.4 Å². The Morgan fingerprint density at radius 1 is 1.17 bits per heavy atom. The van der Waals surface area contributed by atoms with Crippen molar-refractivity contribution in [1.29, 1.82) is 0 Å². The normalized spacial score (nSPS) is 20.3. The standard InChI is InChI=1S/C21H27N7O2/c1-22-19-11-18(26-17-7-4-5-15(25-17)16-6-2-3-10-30-16)27-20-14(12-23-28(19)20)21(29)24-13-8-9-13/h4-5,7,11-13,16,21-22,24,29H,2-3,6,8-10H2,1H3,(H,25,26,27)/t16-,21?/m0/s1. The van der Waals surface area contributed by atoms with Gasteiger partial charge in [-0.15, -0.1) is 0 Å². The molecule has 3 aromatic rings. The van der Waals surface area contributed by atoms with Gasteiger partial charge in [0.05, 0.1) is 23.6 Å². The average molecular weight is 409 g/mol. The second-order valence-electron chi connectivity index (χ2n) is 7.88. The summed E-state index contributed by atoms with van der Waals surface area (Å²) in [4.78, 5) is 9.45. The minimum Gasteiger partial charge on any atom is -0.374 e. The highest BCUT2D eigenvalue weighted by Gasteiger charge is 2.26. The van der Waals surface area contributed by atoms with Crippen molar-refractivity contribution >= 4 is 23.1 Å².